The summed E-state index contributed by atoms with van der Waals surface area (Å²) in [7, 11) is 1.54. The zero-order valence-electron chi connectivity index (χ0n) is 25.2. The molecule has 5 rings (SSSR count). The molecule has 1 fully saturated rings. The van der Waals surface area contributed by atoms with Crippen molar-refractivity contribution in [3.05, 3.63) is 105 Å². The van der Waals surface area contributed by atoms with Crippen molar-refractivity contribution in [3.63, 3.8) is 0 Å². The van der Waals surface area contributed by atoms with Gasteiger partial charge in [-0.1, -0.05) is 54.6 Å². The van der Waals surface area contributed by atoms with E-state index in [1.54, 1.807) is 37.4 Å². The summed E-state index contributed by atoms with van der Waals surface area (Å²) in [6.45, 7) is 0.143. The molecule has 46 heavy (non-hydrogen) atoms. The van der Waals surface area contributed by atoms with Gasteiger partial charge in [0.25, 0.3) is 5.91 Å². The largest absolute Gasteiger partial charge is 0.492 e. The van der Waals surface area contributed by atoms with Crippen LogP contribution in [-0.2, 0) is 11.2 Å². The number of benzene rings is 3. The van der Waals surface area contributed by atoms with Crippen LogP contribution in [0.15, 0.2) is 82.8 Å². The Morgan fingerprint density at radius 1 is 1.02 bits per heavy atom. The number of aliphatic hydroxyl groups excluding tert-OH is 1. The standard InChI is InChI=1S/C34H35BrFN3O7/c1-37(20-29(40)23-7-3-2-4-8-23)32(41)31-26(17-25-18-38(33(42)43)19-28(31)39(25)34(44)45)22-11-9-21(10-12-22)6-5-15-46-30-16-24(36)13-14-27(30)35/h2-4,7-14,16,25,28-29,40H,5-6,15,17-20H2,1H3,(H,42,43)(H,44,45)/t25-,28-,29+/m1/s1. The minimum atomic E-state index is -1.22. The molecule has 3 atom stereocenters. The summed E-state index contributed by atoms with van der Waals surface area (Å²) in [4.78, 5) is 42.2. The molecule has 3 amide bonds. The summed E-state index contributed by atoms with van der Waals surface area (Å²) in [5, 5.41) is 30.8. The number of rotatable bonds is 10. The summed E-state index contributed by atoms with van der Waals surface area (Å²) in [6.07, 6.45) is -1.87. The number of carbonyl (C=O) groups excluding carboxylic acids is 1. The van der Waals surface area contributed by atoms with Crippen LogP contribution in [0.2, 0.25) is 0 Å². The molecule has 0 aromatic heterocycles. The number of halogens is 2. The first-order valence-corrected chi connectivity index (χ1v) is 15.7. The van der Waals surface area contributed by atoms with Gasteiger partial charge < -0.3 is 29.9 Å². The number of nitrogens with zero attached hydrogens (tertiary/aromatic N) is 3. The Balaban J connectivity index is 1.39. The van der Waals surface area contributed by atoms with Crippen LogP contribution in [0.3, 0.4) is 0 Å². The van der Waals surface area contributed by atoms with E-state index in [1.807, 2.05) is 30.3 Å². The van der Waals surface area contributed by atoms with Crippen molar-refractivity contribution >= 4 is 39.6 Å². The Bertz CT molecular complexity index is 1620. The average molecular weight is 697 g/mol. The molecule has 3 aromatic carbocycles. The van der Waals surface area contributed by atoms with Crippen LogP contribution in [0.25, 0.3) is 5.57 Å². The van der Waals surface area contributed by atoms with E-state index >= 15 is 0 Å². The third-order valence-corrected chi connectivity index (χ3v) is 9.07. The lowest BCUT2D eigenvalue weighted by Crippen LogP contribution is -2.64. The quantitative estimate of drug-likeness (QED) is 0.233. The van der Waals surface area contributed by atoms with Gasteiger partial charge in [-0.2, -0.15) is 0 Å². The minimum absolute atomic E-state index is 0.00875. The lowest BCUT2D eigenvalue weighted by Gasteiger charge is -2.49. The van der Waals surface area contributed by atoms with Gasteiger partial charge in [-0.05, 0) is 69.6 Å². The molecule has 3 N–H and O–H groups in total. The van der Waals surface area contributed by atoms with Crippen LogP contribution in [0.1, 0.15) is 35.6 Å². The van der Waals surface area contributed by atoms with Crippen molar-refractivity contribution in [1.29, 1.82) is 0 Å². The number of aryl methyl sites for hydroxylation is 1. The molecule has 3 aromatic rings. The van der Waals surface area contributed by atoms with Crippen molar-refractivity contribution in [3.8, 4) is 5.75 Å². The summed E-state index contributed by atoms with van der Waals surface area (Å²) in [5.41, 5.74) is 3.26. The molecule has 0 spiro atoms. The lowest BCUT2D eigenvalue weighted by molar-refractivity contribution is -0.128. The van der Waals surface area contributed by atoms with Crippen LogP contribution < -0.4 is 4.74 Å². The van der Waals surface area contributed by atoms with Crippen LogP contribution in [-0.4, -0.2) is 93.5 Å². The van der Waals surface area contributed by atoms with E-state index in [2.05, 4.69) is 15.9 Å². The lowest BCUT2D eigenvalue weighted by atomic mass is 9.81. The van der Waals surface area contributed by atoms with Crippen LogP contribution in [0.4, 0.5) is 14.0 Å². The molecule has 0 aliphatic carbocycles. The molecule has 2 heterocycles. The molecule has 1 saturated heterocycles. The van der Waals surface area contributed by atoms with E-state index in [0.29, 0.717) is 40.8 Å². The fourth-order valence-electron chi connectivity index (χ4n) is 6.15. The molecule has 0 saturated carbocycles. The van der Waals surface area contributed by atoms with Crippen LogP contribution >= 0.6 is 15.9 Å². The summed E-state index contributed by atoms with van der Waals surface area (Å²) in [5.74, 6) is -0.425. The van der Waals surface area contributed by atoms with Gasteiger partial charge >= 0.3 is 12.2 Å². The Hall–Kier alpha value is -4.42. The molecule has 2 aliphatic heterocycles. The van der Waals surface area contributed by atoms with E-state index in [-0.39, 0.29) is 37.4 Å². The maximum absolute atomic E-state index is 14.1. The first-order chi connectivity index (χ1) is 22.0. The van der Waals surface area contributed by atoms with E-state index in [4.69, 9.17) is 4.74 Å². The number of hydrogen-bond donors (Lipinski definition) is 3. The number of piperazine rings is 1. The van der Waals surface area contributed by atoms with Gasteiger partial charge in [0.2, 0.25) is 0 Å². The first-order valence-electron chi connectivity index (χ1n) is 14.9. The predicted molar refractivity (Wildman–Crippen MR) is 172 cm³/mol. The molecule has 2 bridgehead atoms. The fraction of sp³-hybridized carbons (Fsp3) is 0.324. The highest BCUT2D eigenvalue weighted by Gasteiger charge is 2.48. The minimum Gasteiger partial charge on any atom is -0.492 e. The van der Waals surface area contributed by atoms with E-state index in [0.717, 1.165) is 16.0 Å². The maximum atomic E-state index is 14.1. The van der Waals surface area contributed by atoms with E-state index in [1.165, 1.54) is 21.9 Å². The van der Waals surface area contributed by atoms with Crippen molar-refractivity contribution in [2.45, 2.75) is 37.5 Å². The van der Waals surface area contributed by atoms with Crippen LogP contribution in [0, 0.1) is 5.82 Å². The van der Waals surface area contributed by atoms with Crippen molar-refractivity contribution in [2.24, 2.45) is 0 Å². The van der Waals surface area contributed by atoms with Crippen molar-refractivity contribution in [1.82, 2.24) is 14.7 Å². The summed E-state index contributed by atoms with van der Waals surface area (Å²) >= 11 is 3.36. The number of carboxylic acid groups (broad SMARTS) is 2. The third kappa shape index (κ3) is 7.34. The Labute approximate surface area is 274 Å². The number of ether oxygens (including phenoxy) is 1. The highest BCUT2D eigenvalue weighted by atomic mass is 79.9. The number of hydrogen-bond acceptors (Lipinski definition) is 5. The van der Waals surface area contributed by atoms with Gasteiger partial charge in [0.05, 0.1) is 35.8 Å². The number of aliphatic hydroxyl groups is 1. The average Bonchev–Trinajstić information content (AvgIpc) is 3.04. The molecule has 0 unspecified atom stereocenters. The van der Waals surface area contributed by atoms with Crippen molar-refractivity contribution in [2.75, 3.05) is 33.3 Å². The molecule has 12 heteroatoms. The van der Waals surface area contributed by atoms with Gasteiger partial charge in [0.1, 0.15) is 11.6 Å². The zero-order chi connectivity index (χ0) is 33.0. The number of amides is 3. The molecule has 10 nitrogen and oxygen atoms in total. The Morgan fingerprint density at radius 2 is 1.74 bits per heavy atom. The Morgan fingerprint density at radius 3 is 2.41 bits per heavy atom. The molecule has 242 valence electrons. The summed E-state index contributed by atoms with van der Waals surface area (Å²) in [6, 6.07) is 19.1. The Kier molecular flexibility index (Phi) is 10.3. The van der Waals surface area contributed by atoms with Crippen molar-refractivity contribution < 1.29 is 38.8 Å². The van der Waals surface area contributed by atoms with Crippen LogP contribution in [0.5, 0.6) is 5.75 Å². The zero-order valence-corrected chi connectivity index (χ0v) is 26.8. The first kappa shape index (κ1) is 33.0. The fourth-order valence-corrected chi connectivity index (χ4v) is 6.51. The second-order valence-corrected chi connectivity index (χ2v) is 12.3. The maximum Gasteiger partial charge on any atom is 0.408 e. The van der Waals surface area contributed by atoms with E-state index in [9.17, 15) is 34.1 Å². The summed E-state index contributed by atoms with van der Waals surface area (Å²) < 4.78 is 19.9. The SMILES string of the molecule is CN(C[C@H](O)c1ccccc1)C(=O)C1=C(c2ccc(CCCOc3cc(F)ccc3Br)cc2)C[C@@H]2CN(C(=O)O)C[C@H]1N2C(=O)O. The van der Waals surface area contributed by atoms with Gasteiger partial charge in [0.15, 0.2) is 0 Å². The molecular formula is C34H35BrFN3O7. The predicted octanol–water partition coefficient (Wildman–Crippen LogP) is 5.66. The van der Waals surface area contributed by atoms with Gasteiger partial charge in [0, 0.05) is 31.8 Å². The monoisotopic (exact) mass is 695 g/mol. The molecular weight excluding hydrogens is 661 g/mol. The van der Waals surface area contributed by atoms with Gasteiger partial charge in [-0.25, -0.2) is 14.0 Å². The van der Waals surface area contributed by atoms with Gasteiger partial charge in [-0.15, -0.1) is 0 Å². The molecule has 0 radical (unpaired) electrons. The highest BCUT2D eigenvalue weighted by molar-refractivity contribution is 9.10. The highest BCUT2D eigenvalue weighted by Crippen LogP contribution is 2.39. The van der Waals surface area contributed by atoms with Gasteiger partial charge in [-0.3, -0.25) is 9.69 Å². The topological polar surface area (TPSA) is 131 Å². The van der Waals surface area contributed by atoms with E-state index < -0.39 is 36.3 Å². The third-order valence-electron chi connectivity index (χ3n) is 8.41. The molecule has 2 aliphatic rings. The second-order valence-electron chi connectivity index (χ2n) is 11.5. The normalized spacial score (nSPS) is 18.3. The smallest absolute Gasteiger partial charge is 0.408 e. The number of likely N-dealkylation sites (N-methyl/N-ethyl adjacent to an activating group) is 1. The second kappa shape index (κ2) is 14.3. The number of fused-ring (bicyclic) bond motifs is 2. The number of carbonyl (C=O) groups is 3.